The molecule has 0 unspecified atom stereocenters. The van der Waals surface area contributed by atoms with Crippen molar-refractivity contribution in [3.8, 4) is 22.7 Å². The minimum atomic E-state index is -0.494. The maximum absolute atomic E-state index is 5.64. The average molecular weight is 448 g/mol. The van der Waals surface area contributed by atoms with Crippen LogP contribution < -0.4 is 5.73 Å². The minimum Gasteiger partial charge on any atom is -0.368 e. The molecule has 0 spiro atoms. The number of hydrogen-bond donors (Lipinski definition) is 1. The maximum Gasteiger partial charge on any atom is 0.261 e. The number of nitrogens with zero attached hydrogens (tertiary/aromatic N) is 8. The lowest BCUT2D eigenvalue weighted by molar-refractivity contribution is 0.350. The van der Waals surface area contributed by atoms with Crippen LogP contribution in [0.15, 0.2) is 47.6 Å². The molecule has 1 atom stereocenters. The normalized spacial score (nSPS) is 13.5. The lowest BCUT2D eigenvalue weighted by Gasteiger charge is -2.30. The van der Waals surface area contributed by atoms with Crippen LogP contribution in [-0.4, -0.2) is 60.4 Å². The van der Waals surface area contributed by atoms with E-state index < -0.39 is 5.41 Å². The lowest BCUT2D eigenvalue weighted by atomic mass is 9.73. The molecular formula is C23H29N9O. The van der Waals surface area contributed by atoms with Gasteiger partial charge in [0.25, 0.3) is 5.89 Å². The summed E-state index contributed by atoms with van der Waals surface area (Å²) in [5, 5.41) is 8.75. The van der Waals surface area contributed by atoms with E-state index in [4.69, 9.17) is 15.2 Å². The topological polar surface area (TPSA) is 125 Å². The van der Waals surface area contributed by atoms with Gasteiger partial charge in [-0.25, -0.2) is 9.97 Å². The van der Waals surface area contributed by atoms with Gasteiger partial charge in [-0.2, -0.15) is 10.1 Å². The van der Waals surface area contributed by atoms with Gasteiger partial charge in [0, 0.05) is 36.9 Å². The van der Waals surface area contributed by atoms with Crippen LogP contribution in [0.2, 0.25) is 0 Å². The number of rotatable bonds is 8. The van der Waals surface area contributed by atoms with Crippen LogP contribution in [0.1, 0.15) is 32.2 Å². The first-order chi connectivity index (χ1) is 15.8. The van der Waals surface area contributed by atoms with Crippen molar-refractivity contribution in [3.05, 3.63) is 54.5 Å². The van der Waals surface area contributed by atoms with Crippen molar-refractivity contribution in [1.82, 2.24) is 39.8 Å². The number of nitrogen functional groups attached to an aromatic ring is 1. The summed E-state index contributed by atoms with van der Waals surface area (Å²) in [6, 6.07) is 3.98. The number of hydrogen-bond acceptors (Lipinski definition) is 9. The van der Waals surface area contributed by atoms with Gasteiger partial charge in [0.1, 0.15) is 0 Å². The van der Waals surface area contributed by atoms with E-state index >= 15 is 0 Å². The van der Waals surface area contributed by atoms with Crippen molar-refractivity contribution < 1.29 is 4.52 Å². The monoisotopic (exact) mass is 447 g/mol. The van der Waals surface area contributed by atoms with E-state index in [1.165, 1.54) is 0 Å². The molecule has 0 aliphatic heterocycles. The first-order valence-corrected chi connectivity index (χ1v) is 10.8. The summed E-state index contributed by atoms with van der Waals surface area (Å²) in [5.41, 5.74) is 8.45. The van der Waals surface area contributed by atoms with Gasteiger partial charge in [-0.1, -0.05) is 25.1 Å². The second-order valence-corrected chi connectivity index (χ2v) is 8.84. The molecule has 0 saturated carbocycles. The van der Waals surface area contributed by atoms with Gasteiger partial charge in [0.2, 0.25) is 5.95 Å². The van der Waals surface area contributed by atoms with E-state index in [1.807, 2.05) is 43.3 Å². The summed E-state index contributed by atoms with van der Waals surface area (Å²) in [6.07, 6.45) is 8.86. The average Bonchev–Trinajstić information content (AvgIpc) is 3.47. The molecule has 0 aliphatic carbocycles. The number of pyridine rings is 1. The van der Waals surface area contributed by atoms with Crippen molar-refractivity contribution in [1.29, 1.82) is 0 Å². The molecule has 2 N–H and O–H groups in total. The smallest absolute Gasteiger partial charge is 0.261 e. The first-order valence-electron chi connectivity index (χ1n) is 10.8. The molecule has 0 fully saturated rings. The highest BCUT2D eigenvalue weighted by Crippen LogP contribution is 2.38. The van der Waals surface area contributed by atoms with E-state index in [0.717, 1.165) is 35.5 Å². The van der Waals surface area contributed by atoms with Gasteiger partial charge in [0.05, 0.1) is 29.4 Å². The van der Waals surface area contributed by atoms with Gasteiger partial charge < -0.3 is 15.2 Å². The Hall–Kier alpha value is -3.66. The molecule has 4 rings (SSSR count). The number of anilines is 1. The first kappa shape index (κ1) is 22.5. The number of nitrogens with two attached hydrogens (primary N) is 1. The Balaban J connectivity index is 1.61. The standard InChI is InChI=1S/C23H29N9O/c1-15(2)23(3,18-6-7-19(25-13-18)16-10-26-22(24)27-11-16)21-29-20(33-30-21)17-12-28-32(14-17)9-8-31(4)5/h6-7,10-15H,8-9H2,1-5H3,(H2,24,26,27)/t23-/m1/s1. The van der Waals surface area contributed by atoms with Gasteiger partial charge in [-0.05, 0) is 38.6 Å². The summed E-state index contributed by atoms with van der Waals surface area (Å²) in [7, 11) is 4.07. The second kappa shape index (κ2) is 9.07. The van der Waals surface area contributed by atoms with Crippen LogP contribution in [0.5, 0.6) is 0 Å². The summed E-state index contributed by atoms with van der Waals surface area (Å²) in [4.78, 5) is 19.6. The predicted octanol–water partition coefficient (Wildman–Crippen LogP) is 2.89. The Kier molecular flexibility index (Phi) is 6.19. The molecule has 0 amide bonds. The third-order valence-electron chi connectivity index (χ3n) is 6.03. The highest BCUT2D eigenvalue weighted by Gasteiger charge is 2.38. The zero-order chi connectivity index (χ0) is 23.6. The fourth-order valence-corrected chi connectivity index (χ4v) is 3.51. The quantitative estimate of drug-likeness (QED) is 0.434. The van der Waals surface area contributed by atoms with Crippen LogP contribution in [0.25, 0.3) is 22.7 Å². The van der Waals surface area contributed by atoms with Gasteiger partial charge in [0.15, 0.2) is 5.82 Å². The predicted molar refractivity (Wildman–Crippen MR) is 125 cm³/mol. The van der Waals surface area contributed by atoms with E-state index in [0.29, 0.717) is 11.7 Å². The summed E-state index contributed by atoms with van der Waals surface area (Å²) in [5.74, 6) is 1.49. The molecule has 10 heteroatoms. The zero-order valence-electron chi connectivity index (χ0n) is 19.6. The van der Waals surface area contributed by atoms with Gasteiger partial charge in [-0.3, -0.25) is 9.67 Å². The Morgan fingerprint density at radius 2 is 1.82 bits per heavy atom. The van der Waals surface area contributed by atoms with Crippen molar-refractivity contribution in [2.24, 2.45) is 5.92 Å². The molecule has 0 saturated heterocycles. The Morgan fingerprint density at radius 3 is 2.45 bits per heavy atom. The molecule has 4 aromatic heterocycles. The van der Waals surface area contributed by atoms with E-state index in [1.54, 1.807) is 18.6 Å². The maximum atomic E-state index is 5.64. The molecule has 10 nitrogen and oxygen atoms in total. The highest BCUT2D eigenvalue weighted by atomic mass is 16.5. The molecule has 0 radical (unpaired) electrons. The number of likely N-dealkylation sites (N-methyl/N-ethyl adjacent to an activating group) is 1. The van der Waals surface area contributed by atoms with E-state index in [9.17, 15) is 0 Å². The minimum absolute atomic E-state index is 0.193. The molecule has 4 aromatic rings. The molecule has 0 bridgehead atoms. The second-order valence-electron chi connectivity index (χ2n) is 8.84. The third kappa shape index (κ3) is 4.61. The van der Waals surface area contributed by atoms with Crippen molar-refractivity contribution in [2.75, 3.05) is 26.4 Å². The van der Waals surface area contributed by atoms with E-state index in [2.05, 4.69) is 50.9 Å². The Bertz CT molecular complexity index is 1200. The SMILES string of the molecule is CC(C)[C@](C)(c1ccc(-c2cnc(N)nc2)nc1)c1noc(-c2cnn(CCN(C)C)c2)n1. The van der Waals surface area contributed by atoms with Gasteiger partial charge in [-0.15, -0.1) is 0 Å². The fraction of sp³-hybridized carbons (Fsp3) is 0.391. The van der Waals surface area contributed by atoms with Crippen LogP contribution in [0.3, 0.4) is 0 Å². The van der Waals surface area contributed by atoms with Gasteiger partial charge >= 0.3 is 0 Å². The van der Waals surface area contributed by atoms with Crippen molar-refractivity contribution in [3.63, 3.8) is 0 Å². The summed E-state index contributed by atoms with van der Waals surface area (Å²) in [6.45, 7) is 8.06. The summed E-state index contributed by atoms with van der Waals surface area (Å²) < 4.78 is 7.52. The fourth-order valence-electron chi connectivity index (χ4n) is 3.51. The summed E-state index contributed by atoms with van der Waals surface area (Å²) >= 11 is 0. The number of aromatic nitrogens is 7. The Labute approximate surface area is 192 Å². The van der Waals surface area contributed by atoms with Crippen LogP contribution in [0.4, 0.5) is 5.95 Å². The molecule has 4 heterocycles. The lowest BCUT2D eigenvalue weighted by Crippen LogP contribution is -2.31. The molecule has 172 valence electrons. The van der Waals surface area contributed by atoms with Crippen molar-refractivity contribution >= 4 is 5.95 Å². The van der Waals surface area contributed by atoms with Crippen LogP contribution in [-0.2, 0) is 12.0 Å². The van der Waals surface area contributed by atoms with E-state index in [-0.39, 0.29) is 11.9 Å². The van der Waals surface area contributed by atoms with Crippen LogP contribution in [0, 0.1) is 5.92 Å². The zero-order valence-corrected chi connectivity index (χ0v) is 19.6. The molecule has 33 heavy (non-hydrogen) atoms. The highest BCUT2D eigenvalue weighted by molar-refractivity contribution is 5.58. The largest absolute Gasteiger partial charge is 0.368 e. The third-order valence-corrected chi connectivity index (χ3v) is 6.03. The Morgan fingerprint density at radius 1 is 1.06 bits per heavy atom. The van der Waals surface area contributed by atoms with Crippen LogP contribution >= 0.6 is 0 Å². The van der Waals surface area contributed by atoms with Crippen molar-refractivity contribution in [2.45, 2.75) is 32.7 Å². The molecular weight excluding hydrogens is 418 g/mol. The molecule has 0 aliphatic rings. The molecule has 0 aromatic carbocycles.